The van der Waals surface area contributed by atoms with E-state index in [-0.39, 0.29) is 42.7 Å². The molecule has 1 aliphatic carbocycles. The second-order valence-corrected chi connectivity index (χ2v) is 20.5. The number of carboxylic acids is 1. The normalized spacial score (nSPS) is 28.0. The number of methoxy groups -OCH3 is 3. The number of Topliss-reactive ketones (excluding diaryl/α,β-unsaturated/α-hetero) is 3. The van der Waals surface area contributed by atoms with E-state index in [1.807, 2.05) is 65.0 Å². The van der Waals surface area contributed by atoms with Gasteiger partial charge in [0.25, 0.3) is 11.7 Å². The van der Waals surface area contributed by atoms with E-state index in [0.717, 1.165) is 42.6 Å². The molecule has 2 saturated heterocycles. The lowest BCUT2D eigenvalue weighted by atomic mass is 9.79. The Kier molecular flexibility index (Phi) is 26.6. The van der Waals surface area contributed by atoms with Crippen molar-refractivity contribution in [3.05, 3.63) is 47.6 Å². The number of carbonyl (C=O) groups excluding carboxylic acids is 4. The number of amides is 1. The Balaban J connectivity index is 1.47. The van der Waals surface area contributed by atoms with Crippen LogP contribution in [0.4, 0.5) is 0 Å². The van der Waals surface area contributed by atoms with Crippen LogP contribution >= 0.6 is 0 Å². The Labute approximate surface area is 418 Å². The number of nitrogens with zero attached hydrogens (tertiary/aromatic N) is 1. The van der Waals surface area contributed by atoms with E-state index in [0.29, 0.717) is 82.2 Å². The van der Waals surface area contributed by atoms with Crippen molar-refractivity contribution in [1.29, 1.82) is 0 Å². The number of hydrogen-bond acceptors (Lipinski definition) is 13. The number of aliphatic hydroxyl groups is 2. The molecule has 0 bridgehead atoms. The summed E-state index contributed by atoms with van der Waals surface area (Å²) in [5, 5.41) is 32.4. The predicted molar refractivity (Wildman–Crippen MR) is 268 cm³/mol. The average molecular weight is 988 g/mol. The highest BCUT2D eigenvalue weighted by molar-refractivity contribution is 6.39. The first-order valence-electron chi connectivity index (χ1n) is 25.9. The molecule has 14 atom stereocenters. The van der Waals surface area contributed by atoms with Crippen LogP contribution in [-0.4, -0.2) is 146 Å². The Morgan fingerprint density at radius 2 is 1.60 bits per heavy atom. The molecule has 398 valence electrons. The van der Waals surface area contributed by atoms with E-state index < -0.39 is 71.7 Å². The third-order valence-corrected chi connectivity index (χ3v) is 14.8. The fraction of sp³-hybridized carbons (Fsp3) is 0.764. The van der Waals surface area contributed by atoms with Gasteiger partial charge >= 0.3 is 5.97 Å². The van der Waals surface area contributed by atoms with Crippen LogP contribution in [0.3, 0.4) is 0 Å². The molecule has 15 heteroatoms. The number of carboxylic acid groups (broad SMARTS) is 1. The molecule has 2 heterocycles. The number of aliphatic hydroxyl groups excluding tert-OH is 1. The number of piperidine rings is 1. The lowest BCUT2D eigenvalue weighted by Crippen LogP contribution is -2.60. The van der Waals surface area contributed by atoms with Crippen LogP contribution in [0.2, 0.25) is 0 Å². The molecule has 70 heavy (non-hydrogen) atoms. The average Bonchev–Trinajstić information content (AvgIpc) is 3.34. The summed E-state index contributed by atoms with van der Waals surface area (Å²) in [7, 11) is 4.73. The minimum absolute atomic E-state index is 0.0251. The molecule has 0 aromatic rings. The Hall–Kier alpha value is -3.41. The molecule has 15 nitrogen and oxygen atoms in total. The third kappa shape index (κ3) is 18.3. The fourth-order valence-electron chi connectivity index (χ4n) is 10.4. The molecule has 3 rings (SSSR count). The molecule has 1 amide bonds. The maximum atomic E-state index is 13.6. The van der Waals surface area contributed by atoms with Crippen molar-refractivity contribution in [2.75, 3.05) is 47.7 Å². The summed E-state index contributed by atoms with van der Waals surface area (Å²) in [6.07, 6.45) is 16.6. The molecule has 3 aliphatic rings. The Morgan fingerprint density at radius 1 is 0.871 bits per heavy atom. The van der Waals surface area contributed by atoms with Gasteiger partial charge in [-0.1, -0.05) is 71.1 Å². The van der Waals surface area contributed by atoms with Gasteiger partial charge in [0.15, 0.2) is 5.78 Å². The molecule has 3 fully saturated rings. The molecule has 0 unspecified atom stereocenters. The van der Waals surface area contributed by atoms with Crippen molar-refractivity contribution in [2.45, 2.75) is 187 Å². The first kappa shape index (κ1) is 60.9. The van der Waals surface area contributed by atoms with Crippen LogP contribution in [0.5, 0.6) is 0 Å². The zero-order chi connectivity index (χ0) is 52.1. The number of rotatable bonds is 30. The number of ether oxygens (including phenoxy) is 6. The number of hydrogen-bond donors (Lipinski definition) is 3. The first-order valence-corrected chi connectivity index (χ1v) is 25.9. The van der Waals surface area contributed by atoms with Gasteiger partial charge in [0.2, 0.25) is 5.79 Å². The van der Waals surface area contributed by atoms with E-state index >= 15 is 0 Å². The van der Waals surface area contributed by atoms with E-state index in [4.69, 9.17) is 28.4 Å². The number of ketones is 3. The zero-order valence-corrected chi connectivity index (χ0v) is 44.3. The van der Waals surface area contributed by atoms with Crippen molar-refractivity contribution >= 4 is 29.2 Å². The SMILES string of the molecule is CCOCCO[C@@H]1CC[C@@H](C[C@@H](C)CCC(=O)[C@H](C)/C=C(\C)[C@@H](O)[C@@H](OC)C(=O)[C@H](C)C[C@H](C)/C=C/C=C/C=C(\C)[C@H](C[C@@H]2CC[C@@H](C)[C@](O)(C(=O)C(=O)N3CCCC[C@H]3C(=O)O)O2)OC)C[C@H]1OC. The summed E-state index contributed by atoms with van der Waals surface area (Å²) < 4.78 is 34.6. The van der Waals surface area contributed by atoms with Crippen molar-refractivity contribution in [3.63, 3.8) is 0 Å². The Morgan fingerprint density at radius 3 is 2.26 bits per heavy atom. The highest BCUT2D eigenvalue weighted by Crippen LogP contribution is 2.37. The van der Waals surface area contributed by atoms with Crippen molar-refractivity contribution in [3.8, 4) is 0 Å². The van der Waals surface area contributed by atoms with Gasteiger partial charge in [-0.2, -0.15) is 0 Å². The van der Waals surface area contributed by atoms with Gasteiger partial charge in [-0.25, -0.2) is 4.79 Å². The lowest BCUT2D eigenvalue weighted by molar-refractivity contribution is -0.265. The monoisotopic (exact) mass is 988 g/mol. The second-order valence-electron chi connectivity index (χ2n) is 20.5. The van der Waals surface area contributed by atoms with E-state index in [9.17, 15) is 39.3 Å². The van der Waals surface area contributed by atoms with Gasteiger partial charge in [-0.15, -0.1) is 0 Å². The van der Waals surface area contributed by atoms with Crippen molar-refractivity contribution < 1.29 is 67.7 Å². The summed E-state index contributed by atoms with van der Waals surface area (Å²) in [5.74, 6) is -6.42. The van der Waals surface area contributed by atoms with Gasteiger partial charge in [-0.05, 0) is 120 Å². The van der Waals surface area contributed by atoms with Crippen LogP contribution in [0.15, 0.2) is 47.6 Å². The maximum Gasteiger partial charge on any atom is 0.326 e. The van der Waals surface area contributed by atoms with Gasteiger partial charge < -0.3 is 48.6 Å². The van der Waals surface area contributed by atoms with Crippen molar-refractivity contribution in [1.82, 2.24) is 4.90 Å². The minimum Gasteiger partial charge on any atom is -0.480 e. The first-order chi connectivity index (χ1) is 33.2. The van der Waals surface area contributed by atoms with Gasteiger partial charge in [0.05, 0.1) is 37.6 Å². The molecular formula is C55H89NO14. The molecule has 0 radical (unpaired) electrons. The smallest absolute Gasteiger partial charge is 0.326 e. The number of carbonyl (C=O) groups is 5. The lowest BCUT2D eigenvalue weighted by Gasteiger charge is -2.42. The van der Waals surface area contributed by atoms with E-state index in [1.54, 1.807) is 34.1 Å². The maximum absolute atomic E-state index is 13.6. The van der Waals surface area contributed by atoms with Crippen molar-refractivity contribution in [2.24, 2.45) is 35.5 Å². The van der Waals surface area contributed by atoms with E-state index in [2.05, 4.69) is 6.92 Å². The summed E-state index contributed by atoms with van der Waals surface area (Å²) >= 11 is 0. The molecule has 1 saturated carbocycles. The highest BCUT2D eigenvalue weighted by atomic mass is 16.6. The summed E-state index contributed by atoms with van der Waals surface area (Å²) in [6, 6.07) is -1.12. The predicted octanol–water partition coefficient (Wildman–Crippen LogP) is 7.79. The zero-order valence-electron chi connectivity index (χ0n) is 44.3. The highest BCUT2D eigenvalue weighted by Gasteiger charge is 2.53. The molecular weight excluding hydrogens is 899 g/mol. The van der Waals surface area contributed by atoms with Gasteiger partial charge in [-0.3, -0.25) is 19.2 Å². The fourth-order valence-corrected chi connectivity index (χ4v) is 10.4. The Bertz CT molecular complexity index is 1790. The second kappa shape index (κ2) is 30.6. The molecule has 0 aromatic heterocycles. The molecule has 0 spiro atoms. The molecule has 0 aromatic carbocycles. The largest absolute Gasteiger partial charge is 0.480 e. The van der Waals surface area contributed by atoms with Crippen LogP contribution in [-0.2, 0) is 52.4 Å². The molecule has 2 aliphatic heterocycles. The number of likely N-dealkylation sites (tertiary alicyclic amines) is 1. The summed E-state index contributed by atoms with van der Waals surface area (Å²) in [6.45, 7) is 17.1. The van der Waals surface area contributed by atoms with E-state index in [1.165, 1.54) is 7.11 Å². The quantitative estimate of drug-likeness (QED) is 0.0272. The van der Waals surface area contributed by atoms with Crippen LogP contribution in [0, 0.1) is 35.5 Å². The summed E-state index contributed by atoms with van der Waals surface area (Å²) in [5.41, 5.74) is 1.40. The third-order valence-electron chi connectivity index (χ3n) is 14.8. The summed E-state index contributed by atoms with van der Waals surface area (Å²) in [4.78, 5) is 66.5. The topological polar surface area (TPSA) is 205 Å². The number of allylic oxidation sites excluding steroid dienone is 6. The van der Waals surface area contributed by atoms with Gasteiger partial charge in [0.1, 0.15) is 24.0 Å². The van der Waals surface area contributed by atoms with Crippen LogP contribution < -0.4 is 0 Å². The van der Waals surface area contributed by atoms with Gasteiger partial charge in [0, 0.05) is 65.1 Å². The van der Waals surface area contributed by atoms with Crippen LogP contribution in [0.1, 0.15) is 139 Å². The number of aliphatic carboxylic acids is 1. The minimum atomic E-state index is -2.38. The van der Waals surface area contributed by atoms with Crippen LogP contribution in [0.25, 0.3) is 0 Å². The molecule has 3 N–H and O–H groups in total. The standard InChI is InChI=1S/C55H89NO14/c1-12-68-28-29-69-46-26-23-42(33-48(46)66-10)31-36(3)21-25-45(57)38(5)32-40(7)50(59)51(67-11)49(58)39(6)30-35(2)18-14-13-15-19-37(4)47(65-9)34-43-24-22-41(8)55(64,70-43)52(60)53(61)56-27-17-16-20-44(56)54(62)63/h13-15,18-19,32,35-36,38-39,41-44,46-48,50-51,59,64H,12,16-17,20-31,33-34H2,1-11H3,(H,62,63)/b15-13+,18-14+,37-19+,40-32+/t35-,36+,38-,39-,41-,42+,43+,44+,46-,47+,48-,50-,51+,55-/m1/s1.